The van der Waals surface area contributed by atoms with Gasteiger partial charge in [0.15, 0.2) is 5.58 Å². The molecule has 0 aliphatic carbocycles. The Hall–Kier alpha value is -2.96. The molecule has 0 spiro atoms. The van der Waals surface area contributed by atoms with Crippen molar-refractivity contribution in [2.45, 2.75) is 19.8 Å². The van der Waals surface area contributed by atoms with Crippen molar-refractivity contribution in [1.82, 2.24) is 15.3 Å². The third kappa shape index (κ3) is 3.99. The minimum Gasteiger partial charge on any atom is -0.423 e. The second kappa shape index (κ2) is 7.95. The Kier molecular flexibility index (Phi) is 5.46. The van der Waals surface area contributed by atoms with Crippen LogP contribution in [0.1, 0.15) is 25.3 Å². The van der Waals surface area contributed by atoms with E-state index in [0.717, 1.165) is 5.56 Å². The van der Waals surface area contributed by atoms with Crippen molar-refractivity contribution < 1.29 is 13.6 Å². The molecule has 0 radical (unpaired) electrons. The van der Waals surface area contributed by atoms with Gasteiger partial charge in [-0.05, 0) is 37.6 Å². The molecule has 1 N–H and O–H groups in total. The number of amides is 1. The van der Waals surface area contributed by atoms with Gasteiger partial charge in [-0.2, -0.15) is 4.98 Å². The minimum absolute atomic E-state index is 0.0614. The highest BCUT2D eigenvalue weighted by Crippen LogP contribution is 2.22. The van der Waals surface area contributed by atoms with Crippen molar-refractivity contribution in [3.63, 3.8) is 0 Å². The van der Waals surface area contributed by atoms with E-state index in [1.165, 1.54) is 12.1 Å². The van der Waals surface area contributed by atoms with Crippen LogP contribution < -0.4 is 10.2 Å². The van der Waals surface area contributed by atoms with Crippen molar-refractivity contribution in [2.75, 3.05) is 24.5 Å². The number of hydrogen-bond acceptors (Lipinski definition) is 5. The van der Waals surface area contributed by atoms with E-state index in [1.54, 1.807) is 18.5 Å². The van der Waals surface area contributed by atoms with Crippen LogP contribution >= 0.6 is 0 Å². The van der Waals surface area contributed by atoms with Crippen LogP contribution in [0.25, 0.3) is 11.1 Å². The highest BCUT2D eigenvalue weighted by Gasteiger charge is 2.17. The molecule has 1 amide bonds. The highest BCUT2D eigenvalue weighted by molar-refractivity contribution is 5.83. The Morgan fingerprint density at radius 2 is 2.23 bits per heavy atom. The second-order valence-electron chi connectivity index (χ2n) is 5.99. The SMILES string of the molecule is CCN(CCNC(=O)C(C)c1cccnc1)c1nc2ccc(F)cc2o1. The molecule has 0 fully saturated rings. The minimum atomic E-state index is -0.361. The first-order chi connectivity index (χ1) is 12.6. The lowest BCUT2D eigenvalue weighted by atomic mass is 10.0. The smallest absolute Gasteiger partial charge is 0.298 e. The second-order valence-corrected chi connectivity index (χ2v) is 5.99. The maximum Gasteiger partial charge on any atom is 0.298 e. The van der Waals surface area contributed by atoms with Gasteiger partial charge in [0.1, 0.15) is 11.3 Å². The topological polar surface area (TPSA) is 71.3 Å². The fraction of sp³-hybridized carbons (Fsp3) is 0.316. The van der Waals surface area contributed by atoms with Gasteiger partial charge in [-0.1, -0.05) is 6.07 Å². The van der Waals surface area contributed by atoms with E-state index >= 15 is 0 Å². The van der Waals surface area contributed by atoms with E-state index < -0.39 is 0 Å². The molecule has 26 heavy (non-hydrogen) atoms. The number of likely N-dealkylation sites (N-methyl/N-ethyl adjacent to an activating group) is 1. The maximum atomic E-state index is 13.3. The van der Waals surface area contributed by atoms with E-state index in [1.807, 2.05) is 30.9 Å². The van der Waals surface area contributed by atoms with Crippen LogP contribution in [-0.2, 0) is 4.79 Å². The molecule has 0 bridgehead atoms. The number of pyridine rings is 1. The summed E-state index contributed by atoms with van der Waals surface area (Å²) in [5.41, 5.74) is 1.89. The summed E-state index contributed by atoms with van der Waals surface area (Å²) in [5, 5.41) is 2.92. The molecular weight excluding hydrogens is 335 g/mol. The average molecular weight is 356 g/mol. The van der Waals surface area contributed by atoms with Crippen LogP contribution in [-0.4, -0.2) is 35.5 Å². The first-order valence-electron chi connectivity index (χ1n) is 8.57. The van der Waals surface area contributed by atoms with Gasteiger partial charge in [-0.15, -0.1) is 0 Å². The molecule has 2 heterocycles. The summed E-state index contributed by atoms with van der Waals surface area (Å²) >= 11 is 0. The monoisotopic (exact) mass is 356 g/mol. The largest absolute Gasteiger partial charge is 0.423 e. The summed E-state index contributed by atoms with van der Waals surface area (Å²) < 4.78 is 18.9. The molecule has 1 atom stereocenters. The Morgan fingerprint density at radius 3 is 2.96 bits per heavy atom. The molecule has 0 aliphatic heterocycles. The number of carbonyl (C=O) groups excluding carboxylic acids is 1. The van der Waals surface area contributed by atoms with E-state index in [2.05, 4.69) is 15.3 Å². The number of hydrogen-bond donors (Lipinski definition) is 1. The number of nitrogens with zero attached hydrogens (tertiary/aromatic N) is 3. The lowest BCUT2D eigenvalue weighted by molar-refractivity contribution is -0.122. The van der Waals surface area contributed by atoms with Crippen LogP contribution in [0.2, 0.25) is 0 Å². The molecule has 1 aromatic carbocycles. The van der Waals surface area contributed by atoms with Gasteiger partial charge in [-0.3, -0.25) is 9.78 Å². The lowest BCUT2D eigenvalue weighted by Gasteiger charge is -2.19. The summed E-state index contributed by atoms with van der Waals surface area (Å²) in [6.45, 7) is 5.46. The number of rotatable bonds is 7. The number of nitrogens with one attached hydrogen (secondary N) is 1. The van der Waals surface area contributed by atoms with E-state index in [9.17, 15) is 9.18 Å². The fourth-order valence-electron chi connectivity index (χ4n) is 2.66. The number of halogens is 1. The maximum absolute atomic E-state index is 13.3. The average Bonchev–Trinajstić information content (AvgIpc) is 3.08. The van der Waals surface area contributed by atoms with Crippen LogP contribution in [0, 0.1) is 5.82 Å². The van der Waals surface area contributed by atoms with Gasteiger partial charge in [0.25, 0.3) is 6.01 Å². The summed E-state index contributed by atoms with van der Waals surface area (Å²) in [6.07, 6.45) is 3.37. The normalized spacial score (nSPS) is 12.1. The van der Waals surface area contributed by atoms with E-state index in [-0.39, 0.29) is 17.6 Å². The standard InChI is InChI=1S/C19H21FN4O2/c1-3-24(19-23-16-7-6-15(20)11-17(16)26-19)10-9-22-18(25)13(2)14-5-4-8-21-12-14/h4-8,11-13H,3,9-10H2,1-2H3,(H,22,25). The van der Waals surface area contributed by atoms with Crippen LogP contribution in [0.4, 0.5) is 10.4 Å². The van der Waals surface area contributed by atoms with Gasteiger partial charge >= 0.3 is 0 Å². The van der Waals surface area contributed by atoms with Gasteiger partial charge in [0.2, 0.25) is 5.91 Å². The van der Waals surface area contributed by atoms with Crippen molar-refractivity contribution >= 4 is 23.0 Å². The van der Waals surface area contributed by atoms with Crippen LogP contribution in [0.5, 0.6) is 0 Å². The van der Waals surface area contributed by atoms with E-state index in [4.69, 9.17) is 4.42 Å². The summed E-state index contributed by atoms with van der Waals surface area (Å²) in [4.78, 5) is 22.6. The Bertz CT molecular complexity index is 882. The third-order valence-electron chi connectivity index (χ3n) is 4.25. The number of carbonyl (C=O) groups is 1. The van der Waals surface area contributed by atoms with Gasteiger partial charge in [0.05, 0.1) is 5.92 Å². The predicted octanol–water partition coefficient (Wildman–Crippen LogP) is 3.11. The molecule has 0 saturated carbocycles. The summed E-state index contributed by atoms with van der Waals surface area (Å²) in [6, 6.07) is 8.37. The molecule has 0 saturated heterocycles. The molecule has 1 unspecified atom stereocenters. The Balaban J connectivity index is 1.59. The summed E-state index contributed by atoms with van der Waals surface area (Å²) in [5.74, 6) is -0.695. The molecule has 3 aromatic rings. The fourth-order valence-corrected chi connectivity index (χ4v) is 2.66. The van der Waals surface area contributed by atoms with Crippen molar-refractivity contribution in [3.05, 3.63) is 54.1 Å². The Morgan fingerprint density at radius 1 is 1.38 bits per heavy atom. The molecule has 7 heteroatoms. The first kappa shape index (κ1) is 17.8. The molecular formula is C19H21FN4O2. The van der Waals surface area contributed by atoms with Gasteiger partial charge < -0.3 is 14.6 Å². The first-order valence-corrected chi connectivity index (χ1v) is 8.57. The van der Waals surface area contributed by atoms with Crippen LogP contribution in [0.3, 0.4) is 0 Å². The third-order valence-corrected chi connectivity index (χ3v) is 4.25. The molecule has 136 valence electrons. The molecule has 0 aliphatic rings. The highest BCUT2D eigenvalue weighted by atomic mass is 19.1. The van der Waals surface area contributed by atoms with E-state index in [0.29, 0.717) is 36.7 Å². The molecule has 6 nitrogen and oxygen atoms in total. The molecule has 3 rings (SSSR count). The van der Waals surface area contributed by atoms with Crippen molar-refractivity contribution in [1.29, 1.82) is 0 Å². The van der Waals surface area contributed by atoms with Gasteiger partial charge in [-0.25, -0.2) is 4.39 Å². The van der Waals surface area contributed by atoms with Gasteiger partial charge in [0, 0.05) is 38.1 Å². The predicted molar refractivity (Wildman–Crippen MR) is 97.5 cm³/mol. The van der Waals surface area contributed by atoms with Crippen molar-refractivity contribution in [2.24, 2.45) is 0 Å². The van der Waals surface area contributed by atoms with Crippen LogP contribution in [0.15, 0.2) is 47.1 Å². The molecule has 2 aromatic heterocycles. The zero-order valence-electron chi connectivity index (χ0n) is 14.8. The quantitative estimate of drug-likeness (QED) is 0.704. The number of anilines is 1. The number of fused-ring (bicyclic) bond motifs is 1. The zero-order chi connectivity index (χ0) is 18.5. The number of aromatic nitrogens is 2. The summed E-state index contributed by atoms with van der Waals surface area (Å²) in [7, 11) is 0. The number of oxazole rings is 1. The Labute approximate surface area is 151 Å². The van der Waals surface area contributed by atoms with Crippen molar-refractivity contribution in [3.8, 4) is 0 Å². The zero-order valence-corrected chi connectivity index (χ0v) is 14.8. The lowest BCUT2D eigenvalue weighted by Crippen LogP contribution is -2.36. The number of benzene rings is 1.